The molecule has 0 heterocycles. The second-order valence-electron chi connectivity index (χ2n) is 5.14. The molecule has 1 aromatic carbocycles. The van der Waals surface area contributed by atoms with Crippen LogP contribution in [0.25, 0.3) is 0 Å². The van der Waals surface area contributed by atoms with Crippen LogP contribution in [0.4, 0.5) is 0 Å². The fourth-order valence-electron chi connectivity index (χ4n) is 2.10. The Hall–Kier alpha value is -1.31. The lowest BCUT2D eigenvalue weighted by atomic mass is 10.1. The van der Waals surface area contributed by atoms with Crippen molar-refractivity contribution < 1.29 is 9.53 Å². The molecule has 0 aliphatic heterocycles. The van der Waals surface area contributed by atoms with E-state index in [9.17, 15) is 4.79 Å². The summed E-state index contributed by atoms with van der Waals surface area (Å²) in [7, 11) is 0. The van der Waals surface area contributed by atoms with E-state index in [1.54, 1.807) is 12.1 Å². The first-order valence-electron chi connectivity index (χ1n) is 7.50. The first-order valence-corrected chi connectivity index (χ1v) is 7.50. The van der Waals surface area contributed by atoms with Gasteiger partial charge in [-0.1, -0.05) is 57.2 Å². The van der Waals surface area contributed by atoms with E-state index in [4.69, 9.17) is 4.74 Å². The summed E-state index contributed by atoms with van der Waals surface area (Å²) >= 11 is 0. The Balaban J connectivity index is 2.14. The van der Waals surface area contributed by atoms with Gasteiger partial charge in [-0.15, -0.1) is 0 Å². The van der Waals surface area contributed by atoms with Crippen LogP contribution in [0.15, 0.2) is 30.3 Å². The van der Waals surface area contributed by atoms with E-state index in [1.165, 1.54) is 32.1 Å². The highest BCUT2D eigenvalue weighted by atomic mass is 16.5. The number of ether oxygens (including phenoxy) is 1. The van der Waals surface area contributed by atoms with Gasteiger partial charge in [0, 0.05) is 0 Å². The van der Waals surface area contributed by atoms with Crippen LogP contribution < -0.4 is 0 Å². The number of esters is 1. The van der Waals surface area contributed by atoms with Crippen LogP contribution in [0.2, 0.25) is 0 Å². The molecule has 0 saturated heterocycles. The zero-order valence-corrected chi connectivity index (χ0v) is 12.2. The maximum absolute atomic E-state index is 11.8. The predicted octanol–water partition coefficient (Wildman–Crippen LogP) is 4.98. The van der Waals surface area contributed by atoms with Crippen molar-refractivity contribution in [1.29, 1.82) is 0 Å². The van der Waals surface area contributed by atoms with Crippen LogP contribution in [0.3, 0.4) is 0 Å². The van der Waals surface area contributed by atoms with E-state index in [0.717, 1.165) is 12.8 Å². The number of hydrogen-bond donors (Lipinski definition) is 0. The summed E-state index contributed by atoms with van der Waals surface area (Å²) in [4.78, 5) is 11.8. The van der Waals surface area contributed by atoms with Crippen molar-refractivity contribution in [2.75, 3.05) is 0 Å². The summed E-state index contributed by atoms with van der Waals surface area (Å²) in [6, 6.07) is 9.19. The molecule has 19 heavy (non-hydrogen) atoms. The molecule has 0 aliphatic rings. The molecule has 0 fully saturated rings. The zero-order valence-electron chi connectivity index (χ0n) is 12.2. The van der Waals surface area contributed by atoms with Gasteiger partial charge < -0.3 is 4.74 Å². The Morgan fingerprint density at radius 3 is 2.37 bits per heavy atom. The van der Waals surface area contributed by atoms with Crippen molar-refractivity contribution in [3.05, 3.63) is 35.9 Å². The quantitative estimate of drug-likeness (QED) is 0.463. The molecule has 1 rings (SSSR count). The molecule has 0 aromatic heterocycles. The molecule has 0 N–H and O–H groups in total. The summed E-state index contributed by atoms with van der Waals surface area (Å²) in [6.07, 6.45) is 8.61. The predicted molar refractivity (Wildman–Crippen MR) is 79.3 cm³/mol. The Kier molecular flexibility index (Phi) is 7.95. The molecule has 1 unspecified atom stereocenters. The van der Waals surface area contributed by atoms with Crippen LogP contribution in [-0.4, -0.2) is 12.1 Å². The highest BCUT2D eigenvalue weighted by molar-refractivity contribution is 5.89. The molecule has 0 radical (unpaired) electrons. The summed E-state index contributed by atoms with van der Waals surface area (Å²) in [5.41, 5.74) is 0.636. The van der Waals surface area contributed by atoms with Gasteiger partial charge in [-0.25, -0.2) is 4.79 Å². The van der Waals surface area contributed by atoms with Gasteiger partial charge in [0.25, 0.3) is 0 Å². The molecule has 0 saturated carbocycles. The highest BCUT2D eigenvalue weighted by Gasteiger charge is 2.10. The van der Waals surface area contributed by atoms with Crippen molar-refractivity contribution in [2.45, 2.75) is 64.9 Å². The molecule has 0 bridgehead atoms. The number of unbranched alkanes of at least 4 members (excludes halogenated alkanes) is 5. The minimum Gasteiger partial charge on any atom is -0.459 e. The van der Waals surface area contributed by atoms with Gasteiger partial charge in [-0.3, -0.25) is 0 Å². The standard InChI is InChI=1S/C17H26O2/c1-3-4-5-6-7-9-12-15(2)19-17(18)16-13-10-8-11-14-16/h8,10-11,13-15H,3-7,9,12H2,1-2H3. The van der Waals surface area contributed by atoms with Crippen LogP contribution in [0.5, 0.6) is 0 Å². The first kappa shape index (κ1) is 15.7. The monoisotopic (exact) mass is 262 g/mol. The Labute approximate surface area is 117 Å². The summed E-state index contributed by atoms with van der Waals surface area (Å²) < 4.78 is 5.43. The topological polar surface area (TPSA) is 26.3 Å². The average Bonchev–Trinajstić information content (AvgIpc) is 2.43. The summed E-state index contributed by atoms with van der Waals surface area (Å²) in [6.45, 7) is 4.21. The molecule has 1 atom stereocenters. The molecule has 106 valence electrons. The lowest BCUT2D eigenvalue weighted by Gasteiger charge is -2.13. The molecule has 1 aromatic rings. The van der Waals surface area contributed by atoms with Gasteiger partial charge in [0.05, 0.1) is 11.7 Å². The zero-order chi connectivity index (χ0) is 13.9. The van der Waals surface area contributed by atoms with Gasteiger partial charge >= 0.3 is 5.97 Å². The van der Waals surface area contributed by atoms with E-state index in [-0.39, 0.29) is 12.1 Å². The van der Waals surface area contributed by atoms with Crippen LogP contribution in [0.1, 0.15) is 69.2 Å². The van der Waals surface area contributed by atoms with E-state index in [1.807, 2.05) is 25.1 Å². The fraction of sp³-hybridized carbons (Fsp3) is 0.588. The van der Waals surface area contributed by atoms with Crippen molar-refractivity contribution >= 4 is 5.97 Å². The van der Waals surface area contributed by atoms with Crippen LogP contribution in [-0.2, 0) is 4.74 Å². The Morgan fingerprint density at radius 1 is 1.05 bits per heavy atom. The number of carbonyl (C=O) groups is 1. The minimum absolute atomic E-state index is 0.0129. The summed E-state index contributed by atoms with van der Waals surface area (Å²) in [5, 5.41) is 0. The highest BCUT2D eigenvalue weighted by Crippen LogP contribution is 2.12. The third kappa shape index (κ3) is 7.00. The molecular formula is C17H26O2. The Morgan fingerprint density at radius 2 is 1.68 bits per heavy atom. The Bertz CT molecular complexity index is 346. The van der Waals surface area contributed by atoms with Crippen LogP contribution >= 0.6 is 0 Å². The van der Waals surface area contributed by atoms with E-state index >= 15 is 0 Å². The second kappa shape index (κ2) is 9.60. The third-order valence-electron chi connectivity index (χ3n) is 3.28. The SMILES string of the molecule is CCCCCCCCC(C)OC(=O)c1ccccc1. The molecule has 0 amide bonds. The van der Waals surface area contributed by atoms with Crippen molar-refractivity contribution in [3.63, 3.8) is 0 Å². The van der Waals surface area contributed by atoms with Gasteiger partial charge in [0.1, 0.15) is 0 Å². The lowest BCUT2D eigenvalue weighted by molar-refractivity contribution is 0.0319. The maximum Gasteiger partial charge on any atom is 0.338 e. The first-order chi connectivity index (χ1) is 9.24. The smallest absolute Gasteiger partial charge is 0.338 e. The lowest BCUT2D eigenvalue weighted by Crippen LogP contribution is -2.14. The third-order valence-corrected chi connectivity index (χ3v) is 3.28. The van der Waals surface area contributed by atoms with Crippen molar-refractivity contribution in [2.24, 2.45) is 0 Å². The van der Waals surface area contributed by atoms with Gasteiger partial charge in [0.2, 0.25) is 0 Å². The molecule has 0 spiro atoms. The molecule has 2 nitrogen and oxygen atoms in total. The largest absolute Gasteiger partial charge is 0.459 e. The van der Waals surface area contributed by atoms with E-state index < -0.39 is 0 Å². The second-order valence-corrected chi connectivity index (χ2v) is 5.14. The molecule has 0 aliphatic carbocycles. The molecule has 2 heteroatoms. The van der Waals surface area contributed by atoms with Crippen molar-refractivity contribution in [3.8, 4) is 0 Å². The fourth-order valence-corrected chi connectivity index (χ4v) is 2.10. The summed E-state index contributed by atoms with van der Waals surface area (Å²) in [5.74, 6) is -0.209. The minimum atomic E-state index is -0.209. The molecular weight excluding hydrogens is 236 g/mol. The van der Waals surface area contributed by atoms with E-state index in [2.05, 4.69) is 6.92 Å². The van der Waals surface area contributed by atoms with Crippen LogP contribution in [0, 0.1) is 0 Å². The number of rotatable bonds is 9. The van der Waals surface area contributed by atoms with Crippen molar-refractivity contribution in [1.82, 2.24) is 0 Å². The van der Waals surface area contributed by atoms with Gasteiger partial charge in [-0.2, -0.15) is 0 Å². The number of carbonyl (C=O) groups excluding carboxylic acids is 1. The maximum atomic E-state index is 11.8. The van der Waals surface area contributed by atoms with Gasteiger partial charge in [0.15, 0.2) is 0 Å². The van der Waals surface area contributed by atoms with Gasteiger partial charge in [-0.05, 0) is 31.9 Å². The number of hydrogen-bond acceptors (Lipinski definition) is 2. The normalized spacial score (nSPS) is 12.1. The van der Waals surface area contributed by atoms with E-state index in [0.29, 0.717) is 5.56 Å². The number of benzene rings is 1. The average molecular weight is 262 g/mol.